The molecule has 0 aliphatic heterocycles. The Bertz CT molecular complexity index is 388. The second-order valence-corrected chi connectivity index (χ2v) is 5.92. The first-order valence-corrected chi connectivity index (χ1v) is 5.85. The highest BCUT2D eigenvalue weighted by atomic mass is 16.3. The number of quaternary nitrogens is 1. The first-order valence-electron chi connectivity index (χ1n) is 5.85. The van der Waals surface area contributed by atoms with E-state index in [0.29, 0.717) is 4.59 Å². The van der Waals surface area contributed by atoms with Gasteiger partial charge in [-0.25, -0.2) is 0 Å². The van der Waals surface area contributed by atoms with Crippen LogP contribution in [0.4, 0.5) is 0 Å². The molecule has 0 amide bonds. The molecule has 0 fully saturated rings. The molecule has 3 nitrogen and oxygen atoms in total. The predicted octanol–water partition coefficient (Wildman–Crippen LogP) is 1.98. The number of hydrogen-bond acceptors (Lipinski definition) is 2. The molecule has 0 unspecified atom stereocenters. The smallest absolute Gasteiger partial charge is 0.128 e. The topological polar surface area (TPSA) is 35.4 Å². The first-order chi connectivity index (χ1) is 7.71. The first kappa shape index (κ1) is 13.7. The molecule has 0 spiro atoms. The van der Waals surface area contributed by atoms with E-state index in [0.717, 1.165) is 6.54 Å². The zero-order valence-corrected chi connectivity index (χ0v) is 11.4. The monoisotopic (exact) mass is 234 g/mol. The molecule has 0 saturated carbocycles. The fourth-order valence-electron chi connectivity index (χ4n) is 1.46. The summed E-state index contributed by atoms with van der Waals surface area (Å²) in [6, 6.07) is 10.1. The summed E-state index contributed by atoms with van der Waals surface area (Å²) in [5.41, 5.74) is 0.773. The van der Waals surface area contributed by atoms with E-state index >= 15 is 0 Å². The van der Waals surface area contributed by atoms with E-state index in [2.05, 4.69) is 17.2 Å². The Labute approximate surface area is 104 Å². The largest absolute Gasteiger partial charge is 0.858 e. The molecular weight excluding hydrogens is 212 g/mol. The van der Waals surface area contributed by atoms with E-state index in [1.54, 1.807) is 0 Å². The van der Waals surface area contributed by atoms with Gasteiger partial charge in [-0.05, 0) is 5.41 Å². The van der Waals surface area contributed by atoms with Crippen LogP contribution in [0.3, 0.4) is 0 Å². The summed E-state index contributed by atoms with van der Waals surface area (Å²) in [5.74, 6) is -0.0570. The van der Waals surface area contributed by atoms with Crippen LogP contribution in [0.2, 0.25) is 0 Å². The number of rotatable bonds is 3. The third-order valence-corrected chi connectivity index (χ3v) is 2.42. The van der Waals surface area contributed by atoms with Crippen LogP contribution in [0, 0.1) is 5.41 Å². The average Bonchev–Trinajstić information content (AvgIpc) is 2.16. The van der Waals surface area contributed by atoms with Gasteiger partial charge in [0.05, 0.1) is 14.1 Å². The lowest BCUT2D eigenvalue weighted by molar-refractivity contribution is -0.911. The van der Waals surface area contributed by atoms with Crippen LogP contribution in [-0.4, -0.2) is 24.6 Å². The third-order valence-electron chi connectivity index (χ3n) is 2.42. The molecule has 0 aliphatic rings. The molecule has 0 saturated heterocycles. The SMILES string of the molecule is CC(C)(C)/C([O-])=N/[N+](C)(C)Cc1ccccc1. The second kappa shape index (κ2) is 4.88. The highest BCUT2D eigenvalue weighted by molar-refractivity contribution is 5.76. The zero-order valence-electron chi connectivity index (χ0n) is 11.4. The van der Waals surface area contributed by atoms with Gasteiger partial charge < -0.3 is 5.11 Å². The van der Waals surface area contributed by atoms with Crippen molar-refractivity contribution in [2.24, 2.45) is 10.5 Å². The maximum absolute atomic E-state index is 11.9. The fourth-order valence-corrected chi connectivity index (χ4v) is 1.46. The molecule has 0 radical (unpaired) electrons. The van der Waals surface area contributed by atoms with Crippen LogP contribution in [0.5, 0.6) is 0 Å². The van der Waals surface area contributed by atoms with Crippen molar-refractivity contribution >= 4 is 5.90 Å². The molecule has 94 valence electrons. The Kier molecular flexibility index (Phi) is 3.94. The van der Waals surface area contributed by atoms with Gasteiger partial charge in [-0.2, -0.15) is 4.59 Å². The van der Waals surface area contributed by atoms with Crippen molar-refractivity contribution in [1.82, 2.24) is 0 Å². The third kappa shape index (κ3) is 4.57. The van der Waals surface area contributed by atoms with Gasteiger partial charge in [-0.1, -0.05) is 51.1 Å². The molecule has 0 N–H and O–H groups in total. The zero-order chi connectivity index (χ0) is 13.1. The molecular formula is C14H22N2O. The van der Waals surface area contributed by atoms with Crippen molar-refractivity contribution in [1.29, 1.82) is 0 Å². The highest BCUT2D eigenvalue weighted by Crippen LogP contribution is 2.16. The van der Waals surface area contributed by atoms with Gasteiger partial charge in [0.2, 0.25) is 0 Å². The van der Waals surface area contributed by atoms with Gasteiger partial charge in [0.1, 0.15) is 6.54 Å². The standard InChI is InChI=1S/C14H22N2O/c1-14(2,3)13(17)15-16(4,5)11-12-9-7-6-8-10-12/h6-10H,11H2,1-5H3. The molecule has 17 heavy (non-hydrogen) atoms. The van der Waals surface area contributed by atoms with E-state index in [4.69, 9.17) is 0 Å². The summed E-state index contributed by atoms with van der Waals surface area (Å²) >= 11 is 0. The summed E-state index contributed by atoms with van der Waals surface area (Å²) in [4.78, 5) is 0. The molecule has 1 aromatic rings. The van der Waals surface area contributed by atoms with Gasteiger partial charge in [0.25, 0.3) is 0 Å². The maximum Gasteiger partial charge on any atom is 0.128 e. The molecule has 3 heteroatoms. The maximum atomic E-state index is 11.9. The Morgan fingerprint density at radius 3 is 2.18 bits per heavy atom. The number of hydrogen-bond donors (Lipinski definition) is 0. The van der Waals surface area contributed by atoms with Crippen LogP contribution in [0.25, 0.3) is 0 Å². The van der Waals surface area contributed by atoms with E-state index in [9.17, 15) is 5.11 Å². The summed E-state index contributed by atoms with van der Waals surface area (Å²) in [5, 5.41) is 16.2. The van der Waals surface area contributed by atoms with Crippen molar-refractivity contribution in [2.75, 3.05) is 14.1 Å². The van der Waals surface area contributed by atoms with E-state index < -0.39 is 5.41 Å². The summed E-state index contributed by atoms with van der Waals surface area (Å²) < 4.78 is 0.333. The van der Waals surface area contributed by atoms with Gasteiger partial charge in [0, 0.05) is 11.5 Å². The number of benzene rings is 1. The van der Waals surface area contributed by atoms with Crippen LogP contribution in [0.1, 0.15) is 26.3 Å². The Morgan fingerprint density at radius 1 is 1.18 bits per heavy atom. The quantitative estimate of drug-likeness (QED) is 0.341. The van der Waals surface area contributed by atoms with Gasteiger partial charge in [-0.15, -0.1) is 5.10 Å². The molecule has 1 rings (SSSR count). The van der Waals surface area contributed by atoms with Crippen LogP contribution in [-0.2, 0) is 6.54 Å². The predicted molar refractivity (Wildman–Crippen MR) is 69.1 cm³/mol. The minimum absolute atomic E-state index is 0.0570. The highest BCUT2D eigenvalue weighted by Gasteiger charge is 2.19. The summed E-state index contributed by atoms with van der Waals surface area (Å²) in [6.07, 6.45) is 0. The van der Waals surface area contributed by atoms with Crippen molar-refractivity contribution in [2.45, 2.75) is 27.3 Å². The van der Waals surface area contributed by atoms with E-state index in [1.807, 2.05) is 53.1 Å². The number of nitrogens with zero attached hydrogens (tertiary/aromatic N) is 2. The minimum atomic E-state index is -0.411. The van der Waals surface area contributed by atoms with Gasteiger partial charge >= 0.3 is 0 Å². The van der Waals surface area contributed by atoms with E-state index in [-0.39, 0.29) is 5.90 Å². The minimum Gasteiger partial charge on any atom is -0.858 e. The van der Waals surface area contributed by atoms with Crippen LogP contribution in [0.15, 0.2) is 35.4 Å². The van der Waals surface area contributed by atoms with Gasteiger partial charge in [0.15, 0.2) is 0 Å². The van der Waals surface area contributed by atoms with Crippen LogP contribution >= 0.6 is 0 Å². The molecule has 0 aromatic heterocycles. The summed E-state index contributed by atoms with van der Waals surface area (Å²) in [6.45, 7) is 6.40. The summed E-state index contributed by atoms with van der Waals surface area (Å²) in [7, 11) is 3.88. The van der Waals surface area contributed by atoms with Crippen molar-refractivity contribution in [3.63, 3.8) is 0 Å². The normalized spacial score (nSPS) is 13.8. The lowest BCUT2D eigenvalue weighted by Crippen LogP contribution is -2.41. The van der Waals surface area contributed by atoms with E-state index in [1.165, 1.54) is 5.56 Å². The van der Waals surface area contributed by atoms with Gasteiger partial charge in [-0.3, -0.25) is 0 Å². The second-order valence-electron chi connectivity index (χ2n) is 5.92. The molecule has 0 heterocycles. The van der Waals surface area contributed by atoms with Crippen molar-refractivity contribution in [3.05, 3.63) is 35.9 Å². The lowest BCUT2D eigenvalue weighted by Gasteiger charge is -2.31. The molecule has 0 bridgehead atoms. The molecule has 1 aromatic carbocycles. The van der Waals surface area contributed by atoms with Crippen LogP contribution < -0.4 is 5.11 Å². The van der Waals surface area contributed by atoms with Crippen molar-refractivity contribution in [3.8, 4) is 0 Å². The Hall–Kier alpha value is -1.35. The Balaban J connectivity index is 2.83. The molecule has 0 atom stereocenters. The lowest BCUT2D eigenvalue weighted by atomic mass is 9.97. The average molecular weight is 234 g/mol. The molecule has 0 aliphatic carbocycles. The van der Waals surface area contributed by atoms with Crippen molar-refractivity contribution < 1.29 is 9.70 Å². The fraction of sp³-hybridized carbons (Fsp3) is 0.500. The Morgan fingerprint density at radius 2 is 1.71 bits per heavy atom.